The van der Waals surface area contributed by atoms with Gasteiger partial charge in [-0.2, -0.15) is 0 Å². The Morgan fingerprint density at radius 1 is 1.11 bits per heavy atom. The van der Waals surface area contributed by atoms with Crippen LogP contribution in [0.15, 0.2) is 36.4 Å². The molecule has 0 amide bonds. The van der Waals surface area contributed by atoms with E-state index in [0.29, 0.717) is 34.5 Å². The van der Waals surface area contributed by atoms with E-state index in [-0.39, 0.29) is 5.82 Å². The van der Waals surface area contributed by atoms with Gasteiger partial charge in [-0.25, -0.2) is 4.39 Å². The van der Waals surface area contributed by atoms with E-state index in [4.69, 9.17) is 33.7 Å². The van der Waals surface area contributed by atoms with Crippen LogP contribution < -0.4 is 10.5 Å². The molecule has 0 fully saturated rings. The zero-order valence-electron chi connectivity index (χ0n) is 10.00. The fraction of sp³-hybridized carbons (Fsp3) is 0.143. The Kier molecular flexibility index (Phi) is 4.64. The van der Waals surface area contributed by atoms with Crippen LogP contribution in [0, 0.1) is 5.82 Å². The number of hydrogen-bond acceptors (Lipinski definition) is 2. The maximum atomic E-state index is 13.4. The van der Waals surface area contributed by atoms with Gasteiger partial charge in [-0.3, -0.25) is 0 Å². The Bertz CT molecular complexity index is 590. The van der Waals surface area contributed by atoms with E-state index in [1.54, 1.807) is 24.3 Å². The summed E-state index contributed by atoms with van der Waals surface area (Å²) in [6.45, 7) is 0.449. The number of hydrogen-bond donors (Lipinski definition) is 1. The van der Waals surface area contributed by atoms with E-state index < -0.39 is 0 Å². The van der Waals surface area contributed by atoms with Crippen LogP contribution in [0.1, 0.15) is 5.56 Å². The normalized spacial score (nSPS) is 10.5. The second-order valence-corrected chi connectivity index (χ2v) is 4.85. The van der Waals surface area contributed by atoms with Gasteiger partial charge in [0.1, 0.15) is 17.3 Å². The van der Waals surface area contributed by atoms with Gasteiger partial charge < -0.3 is 10.5 Å². The molecule has 0 heterocycles. The molecule has 0 bridgehead atoms. The summed E-state index contributed by atoms with van der Waals surface area (Å²) in [7, 11) is 0. The van der Waals surface area contributed by atoms with Gasteiger partial charge in [0.25, 0.3) is 0 Å². The van der Waals surface area contributed by atoms with Crippen molar-refractivity contribution < 1.29 is 9.13 Å². The molecule has 2 rings (SSSR count). The second kappa shape index (κ2) is 6.24. The SMILES string of the molecule is NCCc1cc(F)cc(Oc2ccc(Cl)cc2Cl)c1. The highest BCUT2D eigenvalue weighted by atomic mass is 35.5. The van der Waals surface area contributed by atoms with Crippen molar-refractivity contribution in [3.8, 4) is 11.5 Å². The van der Waals surface area contributed by atoms with Crippen LogP contribution in [0.25, 0.3) is 0 Å². The van der Waals surface area contributed by atoms with E-state index in [0.717, 1.165) is 5.56 Å². The number of ether oxygens (including phenoxy) is 1. The van der Waals surface area contributed by atoms with E-state index >= 15 is 0 Å². The van der Waals surface area contributed by atoms with Crippen molar-refractivity contribution in [1.82, 2.24) is 0 Å². The maximum Gasteiger partial charge on any atom is 0.146 e. The van der Waals surface area contributed by atoms with E-state index in [9.17, 15) is 4.39 Å². The van der Waals surface area contributed by atoms with Gasteiger partial charge in [0.05, 0.1) is 5.02 Å². The first kappa shape index (κ1) is 14.1. The summed E-state index contributed by atoms with van der Waals surface area (Å²) in [6.07, 6.45) is 0.586. The molecule has 0 atom stereocenters. The smallest absolute Gasteiger partial charge is 0.146 e. The number of halogens is 3. The van der Waals surface area contributed by atoms with Crippen molar-refractivity contribution in [2.24, 2.45) is 5.73 Å². The highest BCUT2D eigenvalue weighted by Crippen LogP contribution is 2.32. The van der Waals surface area contributed by atoms with Crippen LogP contribution in [0.2, 0.25) is 10.0 Å². The lowest BCUT2D eigenvalue weighted by atomic mass is 10.1. The van der Waals surface area contributed by atoms with E-state index in [2.05, 4.69) is 0 Å². The average molecular weight is 300 g/mol. The van der Waals surface area contributed by atoms with Crippen LogP contribution in [0.3, 0.4) is 0 Å². The molecule has 2 aromatic rings. The second-order valence-electron chi connectivity index (χ2n) is 4.01. The minimum Gasteiger partial charge on any atom is -0.456 e. The molecule has 0 aromatic heterocycles. The molecule has 0 radical (unpaired) electrons. The van der Waals surface area contributed by atoms with Gasteiger partial charge >= 0.3 is 0 Å². The Labute approximate surface area is 120 Å². The van der Waals surface area contributed by atoms with Crippen molar-refractivity contribution in [1.29, 1.82) is 0 Å². The Hall–Kier alpha value is -1.29. The van der Waals surface area contributed by atoms with Crippen molar-refractivity contribution >= 4 is 23.2 Å². The molecule has 2 N–H and O–H groups in total. The zero-order valence-corrected chi connectivity index (χ0v) is 11.5. The average Bonchev–Trinajstić information content (AvgIpc) is 2.32. The summed E-state index contributed by atoms with van der Waals surface area (Å²) in [5.41, 5.74) is 6.24. The summed E-state index contributed by atoms with van der Waals surface area (Å²) >= 11 is 11.8. The highest BCUT2D eigenvalue weighted by Gasteiger charge is 2.06. The number of rotatable bonds is 4. The summed E-state index contributed by atoms with van der Waals surface area (Å²) in [5, 5.41) is 0.887. The Balaban J connectivity index is 2.27. The monoisotopic (exact) mass is 299 g/mol. The lowest BCUT2D eigenvalue weighted by molar-refractivity contribution is 0.476. The van der Waals surface area contributed by atoms with Gasteiger partial charge in [0.15, 0.2) is 0 Å². The topological polar surface area (TPSA) is 35.2 Å². The summed E-state index contributed by atoms with van der Waals surface area (Å²) in [6, 6.07) is 9.33. The number of benzene rings is 2. The van der Waals surface area contributed by atoms with Crippen LogP contribution in [-0.4, -0.2) is 6.54 Å². The van der Waals surface area contributed by atoms with Crippen LogP contribution >= 0.6 is 23.2 Å². The van der Waals surface area contributed by atoms with Crippen molar-refractivity contribution in [2.75, 3.05) is 6.54 Å². The van der Waals surface area contributed by atoms with E-state index in [1.807, 2.05) is 0 Å². The summed E-state index contributed by atoms with van der Waals surface area (Å²) in [5.74, 6) is 0.439. The molecule has 5 heteroatoms. The van der Waals surface area contributed by atoms with Crippen molar-refractivity contribution in [2.45, 2.75) is 6.42 Å². The minimum absolute atomic E-state index is 0.369. The van der Waals surface area contributed by atoms with Gasteiger partial charge in [0, 0.05) is 11.1 Å². The molecule has 0 aliphatic carbocycles. The van der Waals surface area contributed by atoms with Gasteiger partial charge in [-0.05, 0) is 48.9 Å². The van der Waals surface area contributed by atoms with Gasteiger partial charge in [-0.1, -0.05) is 23.2 Å². The maximum absolute atomic E-state index is 13.4. The Morgan fingerprint density at radius 2 is 1.89 bits per heavy atom. The Morgan fingerprint density at radius 3 is 2.58 bits per heavy atom. The van der Waals surface area contributed by atoms with E-state index in [1.165, 1.54) is 12.1 Å². The molecular formula is C14H12Cl2FNO. The third-order valence-corrected chi connectivity index (χ3v) is 3.02. The first-order valence-electron chi connectivity index (χ1n) is 5.71. The predicted molar refractivity (Wildman–Crippen MR) is 75.7 cm³/mol. The fourth-order valence-electron chi connectivity index (χ4n) is 1.68. The molecule has 0 saturated carbocycles. The first-order chi connectivity index (χ1) is 9.08. The highest BCUT2D eigenvalue weighted by molar-refractivity contribution is 6.35. The van der Waals surface area contributed by atoms with Gasteiger partial charge in [-0.15, -0.1) is 0 Å². The van der Waals surface area contributed by atoms with Crippen LogP contribution in [0.5, 0.6) is 11.5 Å². The molecule has 100 valence electrons. The molecule has 19 heavy (non-hydrogen) atoms. The fourth-order valence-corrected chi connectivity index (χ4v) is 2.12. The molecule has 2 nitrogen and oxygen atoms in total. The zero-order chi connectivity index (χ0) is 13.8. The molecule has 0 spiro atoms. The minimum atomic E-state index is -0.369. The van der Waals surface area contributed by atoms with Crippen molar-refractivity contribution in [3.05, 3.63) is 57.8 Å². The summed E-state index contributed by atoms with van der Waals surface area (Å²) in [4.78, 5) is 0. The van der Waals surface area contributed by atoms with Crippen LogP contribution in [-0.2, 0) is 6.42 Å². The standard InChI is InChI=1S/C14H12Cl2FNO/c15-10-1-2-14(13(16)7-10)19-12-6-9(3-4-18)5-11(17)8-12/h1-2,5-8H,3-4,18H2. The predicted octanol–water partition coefficient (Wildman–Crippen LogP) is 4.43. The third-order valence-electron chi connectivity index (χ3n) is 2.49. The lowest BCUT2D eigenvalue weighted by Crippen LogP contribution is -2.03. The van der Waals surface area contributed by atoms with Crippen LogP contribution in [0.4, 0.5) is 4.39 Å². The molecule has 2 aromatic carbocycles. The molecule has 0 saturated heterocycles. The summed E-state index contributed by atoms with van der Waals surface area (Å²) < 4.78 is 19.0. The molecule has 0 aliphatic heterocycles. The molecule has 0 unspecified atom stereocenters. The van der Waals surface area contributed by atoms with Gasteiger partial charge in [0.2, 0.25) is 0 Å². The van der Waals surface area contributed by atoms with Crippen molar-refractivity contribution in [3.63, 3.8) is 0 Å². The molecule has 0 aliphatic rings. The quantitative estimate of drug-likeness (QED) is 0.906. The number of nitrogens with two attached hydrogens (primary N) is 1. The largest absolute Gasteiger partial charge is 0.456 e. The first-order valence-corrected chi connectivity index (χ1v) is 6.46. The lowest BCUT2D eigenvalue weighted by Gasteiger charge is -2.09. The third kappa shape index (κ3) is 3.83. The molecular weight excluding hydrogens is 288 g/mol.